The Balaban J connectivity index is 2.17. The molecule has 0 aliphatic carbocycles. The maximum atomic E-state index is 13.1. The second kappa shape index (κ2) is 56.0. The Kier molecular flexibility index (Phi) is 53.5. The number of carbonyl (C=O) groups is 1. The van der Waals surface area contributed by atoms with Crippen molar-refractivity contribution in [2.45, 2.75) is 378 Å². The second-order valence-electron chi connectivity index (χ2n) is 23.3. The monoisotopic (exact) mass is 1060 g/mol. The van der Waals surface area contributed by atoms with E-state index >= 15 is 0 Å². The number of allylic oxidation sites excluding steroid dienone is 3. The highest BCUT2D eigenvalue weighted by Gasteiger charge is 2.44. The zero-order valence-corrected chi connectivity index (χ0v) is 49.6. The van der Waals surface area contributed by atoms with Crippen LogP contribution in [0.1, 0.15) is 335 Å². The predicted octanol–water partition coefficient (Wildman–Crippen LogP) is 17.3. The molecule has 0 spiro atoms. The van der Waals surface area contributed by atoms with Crippen molar-refractivity contribution in [3.63, 3.8) is 0 Å². The highest BCUT2D eigenvalue weighted by molar-refractivity contribution is 5.76. The van der Waals surface area contributed by atoms with Crippen LogP contribution in [0.25, 0.3) is 0 Å². The minimum absolute atomic E-state index is 0.179. The van der Waals surface area contributed by atoms with E-state index in [0.717, 1.165) is 38.5 Å². The summed E-state index contributed by atoms with van der Waals surface area (Å²) in [4.78, 5) is 13.1. The minimum atomic E-state index is -1.57. The van der Waals surface area contributed by atoms with Crippen molar-refractivity contribution in [3.05, 3.63) is 24.3 Å². The van der Waals surface area contributed by atoms with Crippen molar-refractivity contribution in [3.8, 4) is 0 Å². The number of hydrogen-bond donors (Lipinski definition) is 6. The normalized spacial score (nSPS) is 18.9. The van der Waals surface area contributed by atoms with E-state index in [1.54, 1.807) is 6.08 Å². The Bertz CT molecular complexity index is 1230. The molecule has 444 valence electrons. The van der Waals surface area contributed by atoms with E-state index in [9.17, 15) is 30.3 Å². The largest absolute Gasteiger partial charge is 0.394 e. The molecular formula is C66H127NO8. The summed E-state index contributed by atoms with van der Waals surface area (Å²) in [6.07, 6.45) is 65.6. The van der Waals surface area contributed by atoms with E-state index in [1.807, 2.05) is 6.08 Å². The first-order valence-electron chi connectivity index (χ1n) is 33.1. The number of unbranched alkanes of at least 4 members (excludes halogenated alkanes) is 46. The molecule has 1 aliphatic rings. The topological polar surface area (TPSA) is 149 Å². The van der Waals surface area contributed by atoms with Crippen molar-refractivity contribution in [2.75, 3.05) is 13.2 Å². The third-order valence-corrected chi connectivity index (χ3v) is 16.0. The maximum absolute atomic E-state index is 13.1. The van der Waals surface area contributed by atoms with Crippen LogP contribution in [0.5, 0.6) is 0 Å². The van der Waals surface area contributed by atoms with Crippen LogP contribution in [0.3, 0.4) is 0 Å². The molecule has 1 heterocycles. The second-order valence-corrected chi connectivity index (χ2v) is 23.3. The van der Waals surface area contributed by atoms with Gasteiger partial charge in [0.2, 0.25) is 5.91 Å². The lowest BCUT2D eigenvalue weighted by atomic mass is 9.99. The molecule has 7 unspecified atom stereocenters. The van der Waals surface area contributed by atoms with Gasteiger partial charge < -0.3 is 40.3 Å². The number of ether oxygens (including phenoxy) is 2. The molecule has 7 atom stereocenters. The highest BCUT2D eigenvalue weighted by Crippen LogP contribution is 2.23. The lowest BCUT2D eigenvalue weighted by Crippen LogP contribution is -2.60. The standard InChI is InChI=1S/C66H127NO8/c1-3-5-7-9-11-13-15-17-19-21-23-25-27-28-29-30-31-32-34-35-37-39-41-43-45-47-49-51-53-55-60(69)59(58-74-66-65(73)64(72)63(71)61(57-68)75-66)67-62(70)56-54-52-50-48-46-44-42-40-38-36-33-26-24-22-20-18-16-14-12-10-8-6-4-2/h45,47,53,55,59-61,63-66,68-69,71-73H,3-44,46,48-52,54,56-58H2,1-2H3,(H,67,70)/b47-45+,55-53+. The van der Waals surface area contributed by atoms with Crippen LogP contribution >= 0.6 is 0 Å². The molecule has 9 heteroatoms. The van der Waals surface area contributed by atoms with Gasteiger partial charge in [-0.15, -0.1) is 0 Å². The summed E-state index contributed by atoms with van der Waals surface area (Å²) in [5.74, 6) is -0.179. The molecule has 9 nitrogen and oxygen atoms in total. The summed E-state index contributed by atoms with van der Waals surface area (Å²) < 4.78 is 11.3. The van der Waals surface area contributed by atoms with E-state index in [4.69, 9.17) is 9.47 Å². The number of rotatable bonds is 58. The fourth-order valence-corrected chi connectivity index (χ4v) is 10.8. The summed E-state index contributed by atoms with van der Waals surface area (Å²) in [7, 11) is 0. The van der Waals surface area contributed by atoms with Crippen LogP contribution in [0.15, 0.2) is 24.3 Å². The number of nitrogens with one attached hydrogen (secondary N) is 1. The molecule has 0 radical (unpaired) electrons. The van der Waals surface area contributed by atoms with E-state index < -0.39 is 49.5 Å². The van der Waals surface area contributed by atoms with Gasteiger partial charge in [-0.3, -0.25) is 4.79 Å². The van der Waals surface area contributed by atoms with E-state index in [1.165, 1.54) is 276 Å². The Morgan fingerprint density at radius 2 is 0.760 bits per heavy atom. The molecule has 0 saturated carbocycles. The number of aliphatic hydroxyl groups excluding tert-OH is 5. The quantitative estimate of drug-likeness (QED) is 0.0261. The van der Waals surface area contributed by atoms with Crippen LogP contribution in [-0.4, -0.2) is 87.5 Å². The number of amides is 1. The van der Waals surface area contributed by atoms with Gasteiger partial charge in [-0.2, -0.15) is 0 Å². The molecule has 1 amide bonds. The van der Waals surface area contributed by atoms with Gasteiger partial charge in [-0.1, -0.05) is 321 Å². The maximum Gasteiger partial charge on any atom is 0.220 e. The fourth-order valence-electron chi connectivity index (χ4n) is 10.8. The Morgan fingerprint density at radius 3 is 1.12 bits per heavy atom. The summed E-state index contributed by atoms with van der Waals surface area (Å²) in [6, 6.07) is -0.819. The van der Waals surface area contributed by atoms with Crippen LogP contribution < -0.4 is 5.32 Å². The molecule has 0 aromatic heterocycles. The van der Waals surface area contributed by atoms with Crippen molar-refractivity contribution < 1.29 is 39.8 Å². The SMILES string of the molecule is CCCCCCCCCCCCCCCCCCCCCCCCC/C=C/CC/C=C/C(O)C(COC1OC(CO)C(O)C(O)C1O)NC(=O)CCCCCCCCCCCCCCCCCCCCCCCCC. The summed E-state index contributed by atoms with van der Waals surface area (Å²) in [6.45, 7) is 3.82. The third-order valence-electron chi connectivity index (χ3n) is 16.0. The molecule has 0 aromatic carbocycles. The first-order chi connectivity index (χ1) is 36.8. The summed E-state index contributed by atoms with van der Waals surface area (Å²) in [5.41, 5.74) is 0. The zero-order valence-electron chi connectivity index (χ0n) is 49.6. The smallest absolute Gasteiger partial charge is 0.220 e. The van der Waals surface area contributed by atoms with Crippen molar-refractivity contribution in [1.82, 2.24) is 5.32 Å². The minimum Gasteiger partial charge on any atom is -0.394 e. The number of aliphatic hydroxyl groups is 5. The van der Waals surface area contributed by atoms with Gasteiger partial charge in [-0.05, 0) is 32.1 Å². The summed E-state index contributed by atoms with van der Waals surface area (Å²) >= 11 is 0. The molecular weight excluding hydrogens is 935 g/mol. The van der Waals surface area contributed by atoms with Gasteiger partial charge in [0.05, 0.1) is 25.4 Å². The van der Waals surface area contributed by atoms with E-state index in [2.05, 4.69) is 31.3 Å². The average Bonchev–Trinajstić information content (AvgIpc) is 3.41. The number of hydrogen-bond acceptors (Lipinski definition) is 8. The van der Waals surface area contributed by atoms with Gasteiger partial charge in [-0.25, -0.2) is 0 Å². The van der Waals surface area contributed by atoms with Crippen molar-refractivity contribution >= 4 is 5.91 Å². The molecule has 1 fully saturated rings. The first kappa shape index (κ1) is 71.7. The lowest BCUT2D eigenvalue weighted by molar-refractivity contribution is -0.302. The van der Waals surface area contributed by atoms with Crippen molar-refractivity contribution in [1.29, 1.82) is 0 Å². The van der Waals surface area contributed by atoms with Gasteiger partial charge >= 0.3 is 0 Å². The van der Waals surface area contributed by atoms with Gasteiger partial charge in [0.1, 0.15) is 24.4 Å². The molecule has 1 aliphatic heterocycles. The number of carbonyl (C=O) groups excluding carboxylic acids is 1. The lowest BCUT2D eigenvalue weighted by Gasteiger charge is -2.40. The Labute approximate surface area is 464 Å². The molecule has 6 N–H and O–H groups in total. The fraction of sp³-hybridized carbons (Fsp3) is 0.924. The first-order valence-corrected chi connectivity index (χ1v) is 33.1. The van der Waals surface area contributed by atoms with Gasteiger partial charge in [0, 0.05) is 6.42 Å². The van der Waals surface area contributed by atoms with Gasteiger partial charge in [0.25, 0.3) is 0 Å². The van der Waals surface area contributed by atoms with Crippen LogP contribution in [0.2, 0.25) is 0 Å². The van der Waals surface area contributed by atoms with E-state index in [0.29, 0.717) is 6.42 Å². The van der Waals surface area contributed by atoms with E-state index in [-0.39, 0.29) is 12.5 Å². The van der Waals surface area contributed by atoms with Crippen molar-refractivity contribution in [2.24, 2.45) is 0 Å². The zero-order chi connectivity index (χ0) is 54.3. The third kappa shape index (κ3) is 45.1. The molecule has 0 bridgehead atoms. The summed E-state index contributed by atoms with van der Waals surface area (Å²) in [5, 5.41) is 54.7. The Morgan fingerprint density at radius 1 is 0.440 bits per heavy atom. The Hall–Kier alpha value is -1.33. The van der Waals surface area contributed by atoms with Gasteiger partial charge in [0.15, 0.2) is 6.29 Å². The van der Waals surface area contributed by atoms with Crippen LogP contribution in [0.4, 0.5) is 0 Å². The molecule has 0 aromatic rings. The highest BCUT2D eigenvalue weighted by atomic mass is 16.7. The van der Waals surface area contributed by atoms with Crippen LogP contribution in [0, 0.1) is 0 Å². The molecule has 1 saturated heterocycles. The molecule has 75 heavy (non-hydrogen) atoms. The predicted molar refractivity (Wildman–Crippen MR) is 318 cm³/mol. The van der Waals surface area contributed by atoms with Crippen LogP contribution in [-0.2, 0) is 14.3 Å². The molecule has 1 rings (SSSR count). The average molecular weight is 1060 g/mol.